The Hall–Kier alpha value is -11.1. The van der Waals surface area contributed by atoms with Gasteiger partial charge in [-0.05, 0) is 183 Å². The monoisotopic (exact) mass is 1670 g/mol. The predicted octanol–water partition coefficient (Wildman–Crippen LogP) is 24.6. The van der Waals surface area contributed by atoms with Gasteiger partial charge in [0.15, 0.2) is 11.4 Å². The molecule has 626 valence electrons. The van der Waals surface area contributed by atoms with Crippen LogP contribution in [0.4, 0.5) is 79.0 Å². The molecule has 0 N–H and O–H groups in total. The van der Waals surface area contributed by atoms with E-state index in [-0.39, 0.29) is 129 Å². The molecule has 1 saturated carbocycles. The number of carbonyl (C=O) groups excluding carboxylic acids is 6. The van der Waals surface area contributed by atoms with Crippen LogP contribution in [-0.2, 0) is 45.1 Å². The van der Waals surface area contributed by atoms with Gasteiger partial charge in [-0.1, -0.05) is 175 Å². The van der Waals surface area contributed by atoms with Crippen molar-refractivity contribution in [3.63, 3.8) is 0 Å². The Balaban J connectivity index is 0.909. The van der Waals surface area contributed by atoms with E-state index in [9.17, 15) is 98.2 Å². The van der Waals surface area contributed by atoms with Gasteiger partial charge >= 0.3 is 55.0 Å². The molecule has 0 heterocycles. The number of halogens is 18. The Kier molecular flexibility index (Phi) is 24.6. The number of benzene rings is 8. The summed E-state index contributed by atoms with van der Waals surface area (Å²) >= 11 is 0. The molecule has 0 saturated heterocycles. The highest BCUT2D eigenvalue weighted by Crippen LogP contribution is 2.60. The number of hydrogen-bond donors (Lipinski definition) is 0. The SMILES string of the molecule is CC(=O)O/N=C(\CC1CCCCC1)C(=O)c1ccc2c(c1)C(CCC(F)(F)F)(CCC(F)(F)F)c1cc(-c3ccc(/C(=N\OC(C)=O)C(=O)c4ccc5c(c4)C(CCC(F)(F)F)(CCC(F)(F)F)c4cc(-c6cccc(/C(=N\OC(C)=O)C(=O)c7ccc8c(c7)C(CCC(F)(F)F)(CCC(F)(F)F)c7ccccc7-8)c6C)ccc4-5)cc3)ccc1-2. The largest absolute Gasteiger partial charge is 0.389 e. The molecule has 0 spiro atoms. The van der Waals surface area contributed by atoms with Crippen LogP contribution in [0, 0.1) is 12.8 Å². The van der Waals surface area contributed by atoms with Crippen molar-refractivity contribution in [2.24, 2.45) is 21.4 Å². The van der Waals surface area contributed by atoms with Gasteiger partial charge in [-0.15, -0.1) is 0 Å². The lowest BCUT2D eigenvalue weighted by atomic mass is 9.70. The van der Waals surface area contributed by atoms with E-state index in [0.29, 0.717) is 18.4 Å². The van der Waals surface area contributed by atoms with Crippen LogP contribution in [0.3, 0.4) is 0 Å². The molecule has 30 heteroatoms. The van der Waals surface area contributed by atoms with E-state index < -0.39 is 183 Å². The summed E-state index contributed by atoms with van der Waals surface area (Å²) in [5, 5.41) is 11.6. The Morgan fingerprint density at radius 1 is 0.336 bits per heavy atom. The zero-order valence-electron chi connectivity index (χ0n) is 64.1. The summed E-state index contributed by atoms with van der Waals surface area (Å²) in [7, 11) is 0. The fourth-order valence-electron chi connectivity index (χ4n) is 17.4. The summed E-state index contributed by atoms with van der Waals surface area (Å²) in [6.07, 6.45) is -40.6. The number of oxime groups is 3. The van der Waals surface area contributed by atoms with Crippen LogP contribution in [0.2, 0.25) is 0 Å². The molecule has 0 amide bonds. The fourth-order valence-corrected chi connectivity index (χ4v) is 17.4. The number of hydrogen-bond acceptors (Lipinski definition) is 12. The highest BCUT2D eigenvalue weighted by molar-refractivity contribution is 6.52. The molecule has 119 heavy (non-hydrogen) atoms. The summed E-state index contributed by atoms with van der Waals surface area (Å²) in [4.78, 5) is 96.8. The Morgan fingerprint density at radius 2 is 0.664 bits per heavy atom. The smallest absolute Gasteiger partial charge is 0.318 e. The third-order valence-electron chi connectivity index (χ3n) is 22.9. The number of rotatable bonds is 27. The molecule has 0 aromatic heterocycles. The first-order chi connectivity index (χ1) is 55.8. The van der Waals surface area contributed by atoms with Crippen molar-refractivity contribution in [2.75, 3.05) is 0 Å². The molecule has 0 atom stereocenters. The van der Waals surface area contributed by atoms with E-state index in [2.05, 4.69) is 15.5 Å². The zero-order chi connectivity index (χ0) is 86.3. The van der Waals surface area contributed by atoms with Crippen LogP contribution < -0.4 is 0 Å². The molecule has 1 fully saturated rings. The van der Waals surface area contributed by atoms with E-state index in [1.54, 1.807) is 6.07 Å². The molecule has 0 unspecified atom stereocenters. The second-order valence-electron chi connectivity index (χ2n) is 30.7. The van der Waals surface area contributed by atoms with Crippen molar-refractivity contribution in [1.29, 1.82) is 0 Å². The average molecular weight is 1670 g/mol. The molecule has 8 aromatic rings. The highest BCUT2D eigenvalue weighted by atomic mass is 19.4. The summed E-state index contributed by atoms with van der Waals surface area (Å²) < 4.78 is 262. The second kappa shape index (κ2) is 33.6. The zero-order valence-corrected chi connectivity index (χ0v) is 64.1. The number of Topliss-reactive ketones (excluding diaryl/α,β-unsaturated/α-hetero) is 3. The standard InChI is InChI=1S/C89H75F18N3O9/c1-49-61(14-10-15-62(49)77(110-119-52(4)113)80(116)60-25-29-64-63-13-8-9-16-69(63)81(72(64)48-60,31-37-84(90,91)92)32-38-85(93,94)95)57-22-27-66-68-30-24-59(47-74(68)83(71(66)45-57,35-41-88(102,103)104)36-42-89(105,106)107)79(115)76(109-118-51(3)112)55-19-17-54(18-20-55)56-21-26-65-67-28-23-58(78(114)75(108-117-50(2)111)43-53-11-6-5-7-12-53)46-73(67)82(70(65)44-56,33-39-86(96,97)98)34-40-87(99,100)101/h8-10,13-30,44-48,53H,5-7,11-12,31-43H2,1-4H3/b108-75+,109-76+,110-77+. The van der Waals surface area contributed by atoms with Crippen LogP contribution in [0.25, 0.3) is 55.6 Å². The normalized spacial score (nSPS) is 15.8. The molecule has 0 radical (unpaired) electrons. The van der Waals surface area contributed by atoms with Crippen molar-refractivity contribution in [2.45, 2.75) is 197 Å². The minimum Gasteiger partial charge on any atom is -0.318 e. The van der Waals surface area contributed by atoms with Gasteiger partial charge < -0.3 is 14.5 Å². The average Bonchev–Trinajstić information content (AvgIpc) is 1.58. The van der Waals surface area contributed by atoms with Gasteiger partial charge in [-0.3, -0.25) is 14.4 Å². The maximum absolute atomic E-state index is 15.3. The van der Waals surface area contributed by atoms with Gasteiger partial charge in [0.1, 0.15) is 5.71 Å². The summed E-state index contributed by atoms with van der Waals surface area (Å²) in [5.74, 6) is -5.95. The number of nitrogens with zero attached hydrogens (tertiary/aromatic N) is 3. The van der Waals surface area contributed by atoms with E-state index >= 15 is 9.59 Å². The number of ketones is 3. The lowest BCUT2D eigenvalue weighted by Gasteiger charge is -2.34. The topological polar surface area (TPSA) is 167 Å². The second-order valence-corrected chi connectivity index (χ2v) is 30.7. The summed E-state index contributed by atoms with van der Waals surface area (Å²) in [6.45, 7) is 4.36. The molecule has 8 aromatic carbocycles. The first kappa shape index (κ1) is 87.2. The molecular weight excluding hydrogens is 1600 g/mol. The molecule has 4 aliphatic carbocycles. The lowest BCUT2D eigenvalue weighted by molar-refractivity contribution is -0.145. The lowest BCUT2D eigenvalue weighted by Crippen LogP contribution is -2.30. The first-order valence-electron chi connectivity index (χ1n) is 38.1. The van der Waals surface area contributed by atoms with Gasteiger partial charge in [-0.2, -0.15) is 79.0 Å². The first-order valence-corrected chi connectivity index (χ1v) is 38.1. The number of fused-ring (bicyclic) bond motifs is 9. The van der Waals surface area contributed by atoms with Crippen LogP contribution >= 0.6 is 0 Å². The van der Waals surface area contributed by atoms with E-state index in [4.69, 9.17) is 14.5 Å². The van der Waals surface area contributed by atoms with Crippen molar-refractivity contribution in [3.05, 3.63) is 224 Å². The highest BCUT2D eigenvalue weighted by Gasteiger charge is 2.52. The molecule has 0 aliphatic heterocycles. The number of carbonyl (C=O) groups is 6. The maximum Gasteiger partial charge on any atom is 0.389 e. The van der Waals surface area contributed by atoms with Crippen LogP contribution in [0.1, 0.15) is 217 Å². The minimum absolute atomic E-state index is 0.0128. The van der Waals surface area contributed by atoms with Gasteiger partial charge in [-0.25, -0.2) is 14.4 Å². The predicted molar refractivity (Wildman–Crippen MR) is 405 cm³/mol. The summed E-state index contributed by atoms with van der Waals surface area (Å²) in [6, 6.07) is 35.6. The fraction of sp³-hybridized carbons (Fsp3) is 0.360. The van der Waals surface area contributed by atoms with Crippen molar-refractivity contribution >= 4 is 52.4 Å². The Bertz CT molecular complexity index is 5340. The van der Waals surface area contributed by atoms with Gasteiger partial charge in [0, 0.05) is 103 Å². The van der Waals surface area contributed by atoms with Crippen molar-refractivity contribution in [3.8, 4) is 55.6 Å². The molecule has 12 nitrogen and oxygen atoms in total. The third kappa shape index (κ3) is 19.5. The number of alkyl halides is 18. The van der Waals surface area contributed by atoms with E-state index in [1.807, 2.05) is 0 Å². The van der Waals surface area contributed by atoms with E-state index in [0.717, 1.165) is 46.1 Å². The molecule has 12 rings (SSSR count). The van der Waals surface area contributed by atoms with Gasteiger partial charge in [0.2, 0.25) is 17.3 Å². The summed E-state index contributed by atoms with van der Waals surface area (Å²) in [5.41, 5.74) is -6.92. The molecule has 4 aliphatic rings. The van der Waals surface area contributed by atoms with Crippen LogP contribution in [-0.4, -0.2) is 89.5 Å². The minimum atomic E-state index is -5.02. The van der Waals surface area contributed by atoms with Crippen LogP contribution in [0.15, 0.2) is 173 Å². The molecule has 0 bridgehead atoms. The van der Waals surface area contributed by atoms with Gasteiger partial charge in [0.25, 0.3) is 0 Å². The quantitative estimate of drug-likeness (QED) is 0.0160. The van der Waals surface area contributed by atoms with Crippen molar-refractivity contribution in [1.82, 2.24) is 0 Å². The maximum atomic E-state index is 15.3. The third-order valence-corrected chi connectivity index (χ3v) is 22.9. The Labute approximate surface area is 670 Å². The van der Waals surface area contributed by atoms with E-state index in [1.165, 1.54) is 153 Å². The van der Waals surface area contributed by atoms with Crippen LogP contribution in [0.5, 0.6) is 0 Å². The Morgan fingerprint density at radius 3 is 1.09 bits per heavy atom. The van der Waals surface area contributed by atoms with Crippen molar-refractivity contribution < 1.29 is 122 Å². The van der Waals surface area contributed by atoms with Gasteiger partial charge in [0.05, 0.1) is 0 Å². The molecular formula is C89H75F18N3O9.